The summed E-state index contributed by atoms with van der Waals surface area (Å²) in [5.41, 5.74) is 1.48. The van der Waals surface area contributed by atoms with Gasteiger partial charge in [0.2, 0.25) is 0 Å². The Morgan fingerprint density at radius 1 is 1.12 bits per heavy atom. The second-order valence-corrected chi connectivity index (χ2v) is 6.88. The molecule has 0 saturated carbocycles. The topological polar surface area (TPSA) is 84.5 Å². The summed E-state index contributed by atoms with van der Waals surface area (Å²) >= 11 is 0. The van der Waals surface area contributed by atoms with Crippen molar-refractivity contribution in [2.75, 3.05) is 25.0 Å². The smallest absolute Gasteiger partial charge is 0.261 e. The van der Waals surface area contributed by atoms with Crippen molar-refractivity contribution in [1.82, 2.24) is 5.32 Å². The number of ether oxygens (including phenoxy) is 1. The minimum absolute atomic E-state index is 0.0360. The highest BCUT2D eigenvalue weighted by molar-refractivity contribution is 7.92. The Labute approximate surface area is 141 Å². The van der Waals surface area contributed by atoms with Crippen molar-refractivity contribution >= 4 is 21.6 Å². The van der Waals surface area contributed by atoms with E-state index in [9.17, 15) is 13.2 Å². The number of benzene rings is 2. The van der Waals surface area contributed by atoms with Crippen molar-refractivity contribution in [1.29, 1.82) is 0 Å². The number of hydrogen-bond donors (Lipinski definition) is 2. The quantitative estimate of drug-likeness (QED) is 0.751. The minimum Gasteiger partial charge on any atom is -0.383 e. The zero-order valence-corrected chi connectivity index (χ0v) is 14.4. The Morgan fingerprint density at radius 2 is 1.83 bits per heavy atom. The first kappa shape index (κ1) is 18.0. The van der Waals surface area contributed by atoms with Crippen molar-refractivity contribution in [2.45, 2.75) is 11.8 Å². The van der Waals surface area contributed by atoms with Gasteiger partial charge in [0.1, 0.15) is 0 Å². The maximum absolute atomic E-state index is 12.5. The Bertz CT molecular complexity index is 805. The molecule has 0 heterocycles. The van der Waals surface area contributed by atoms with Gasteiger partial charge in [-0.3, -0.25) is 9.52 Å². The summed E-state index contributed by atoms with van der Waals surface area (Å²) < 4.78 is 32.3. The number of anilines is 1. The highest BCUT2D eigenvalue weighted by atomic mass is 32.2. The predicted octanol–water partition coefficient (Wildman–Crippen LogP) is 2.17. The predicted molar refractivity (Wildman–Crippen MR) is 92.6 cm³/mol. The van der Waals surface area contributed by atoms with Crippen LogP contribution in [0.15, 0.2) is 53.4 Å². The number of aryl methyl sites for hydroxylation is 1. The van der Waals surface area contributed by atoms with Gasteiger partial charge in [0.15, 0.2) is 0 Å². The van der Waals surface area contributed by atoms with Crippen molar-refractivity contribution in [3.8, 4) is 0 Å². The highest BCUT2D eigenvalue weighted by Gasteiger charge is 2.18. The average molecular weight is 348 g/mol. The first-order chi connectivity index (χ1) is 11.4. The van der Waals surface area contributed by atoms with Crippen molar-refractivity contribution in [3.05, 3.63) is 59.7 Å². The summed E-state index contributed by atoms with van der Waals surface area (Å²) in [6.07, 6.45) is 0. The van der Waals surface area contributed by atoms with Crippen LogP contribution >= 0.6 is 0 Å². The first-order valence-corrected chi connectivity index (χ1v) is 8.88. The van der Waals surface area contributed by atoms with Gasteiger partial charge in [0.25, 0.3) is 15.9 Å². The number of methoxy groups -OCH3 is 1. The van der Waals surface area contributed by atoms with E-state index in [2.05, 4.69) is 10.0 Å². The number of nitrogens with one attached hydrogen (secondary N) is 2. The van der Waals surface area contributed by atoms with E-state index in [1.165, 1.54) is 12.1 Å². The van der Waals surface area contributed by atoms with Crippen molar-refractivity contribution in [2.24, 2.45) is 0 Å². The molecule has 0 aliphatic carbocycles. The normalized spacial score (nSPS) is 11.1. The number of hydrogen-bond acceptors (Lipinski definition) is 4. The Hall–Kier alpha value is -2.38. The maximum Gasteiger partial charge on any atom is 0.261 e. The van der Waals surface area contributed by atoms with Gasteiger partial charge in [-0.25, -0.2) is 8.42 Å². The molecule has 0 saturated heterocycles. The van der Waals surface area contributed by atoms with Gasteiger partial charge in [0, 0.05) is 24.9 Å². The molecule has 2 aromatic carbocycles. The standard InChI is InChI=1S/C17H20N2O4S/c1-13-8-9-15(12-16(13)17(20)18-10-11-23-2)24(21,22)19-14-6-4-3-5-7-14/h3-9,12,19H,10-11H2,1-2H3,(H,18,20). The van der Waals surface area contributed by atoms with Crippen LogP contribution < -0.4 is 10.0 Å². The molecule has 0 bridgehead atoms. The first-order valence-electron chi connectivity index (χ1n) is 7.39. The van der Waals surface area contributed by atoms with Crippen LogP contribution in [-0.2, 0) is 14.8 Å². The van der Waals surface area contributed by atoms with Crippen LogP contribution in [0.5, 0.6) is 0 Å². The molecule has 1 amide bonds. The molecule has 0 spiro atoms. The molecule has 128 valence electrons. The molecule has 2 aromatic rings. The molecule has 0 aliphatic rings. The molecule has 6 nitrogen and oxygen atoms in total. The van der Waals surface area contributed by atoms with Gasteiger partial charge >= 0.3 is 0 Å². The molecule has 0 aromatic heterocycles. The second kappa shape index (κ2) is 7.94. The summed E-state index contributed by atoms with van der Waals surface area (Å²) in [6, 6.07) is 13.1. The largest absolute Gasteiger partial charge is 0.383 e. The van der Waals surface area contributed by atoms with Gasteiger partial charge < -0.3 is 10.1 Å². The number of carbonyl (C=O) groups excluding carboxylic acids is 1. The molecular weight excluding hydrogens is 328 g/mol. The molecule has 0 aliphatic heterocycles. The van der Waals surface area contributed by atoms with Crippen molar-refractivity contribution in [3.63, 3.8) is 0 Å². The summed E-state index contributed by atoms with van der Waals surface area (Å²) in [6.45, 7) is 2.50. The lowest BCUT2D eigenvalue weighted by Gasteiger charge is -2.11. The zero-order chi connectivity index (χ0) is 17.6. The molecular formula is C17H20N2O4S. The summed E-state index contributed by atoms with van der Waals surface area (Å²) in [5, 5.41) is 2.69. The van der Waals surface area contributed by atoms with Crippen LogP contribution in [-0.4, -0.2) is 34.6 Å². The van der Waals surface area contributed by atoms with Crippen molar-refractivity contribution < 1.29 is 17.9 Å². The Morgan fingerprint density at radius 3 is 2.50 bits per heavy atom. The minimum atomic E-state index is -3.77. The van der Waals surface area contributed by atoms with Crippen LogP contribution in [0.25, 0.3) is 0 Å². The van der Waals surface area contributed by atoms with Crippen LogP contribution in [0.3, 0.4) is 0 Å². The average Bonchev–Trinajstić information content (AvgIpc) is 2.55. The van der Waals surface area contributed by atoms with Crippen LogP contribution in [0.4, 0.5) is 5.69 Å². The zero-order valence-electron chi connectivity index (χ0n) is 13.6. The van der Waals surface area contributed by atoms with Crippen LogP contribution in [0.2, 0.25) is 0 Å². The fourth-order valence-corrected chi connectivity index (χ4v) is 3.18. The number of carbonyl (C=O) groups is 1. The Kier molecular flexibility index (Phi) is 5.94. The van der Waals surface area contributed by atoms with E-state index >= 15 is 0 Å². The molecule has 0 atom stereocenters. The molecule has 0 unspecified atom stereocenters. The number of rotatable bonds is 7. The SMILES string of the molecule is COCCNC(=O)c1cc(S(=O)(=O)Nc2ccccc2)ccc1C. The number of amides is 1. The molecule has 0 fully saturated rings. The van der Waals surface area contributed by atoms with E-state index in [1.807, 2.05) is 0 Å². The number of sulfonamides is 1. The van der Waals surface area contributed by atoms with E-state index in [0.29, 0.717) is 30.0 Å². The van der Waals surface area contributed by atoms with Gasteiger partial charge in [-0.15, -0.1) is 0 Å². The lowest BCUT2D eigenvalue weighted by molar-refractivity contribution is 0.0936. The lowest BCUT2D eigenvalue weighted by atomic mass is 10.1. The third-order valence-electron chi connectivity index (χ3n) is 3.38. The summed E-state index contributed by atoms with van der Waals surface area (Å²) in [4.78, 5) is 12.2. The van der Waals surface area contributed by atoms with Crippen LogP contribution in [0, 0.1) is 6.92 Å². The second-order valence-electron chi connectivity index (χ2n) is 5.20. The lowest BCUT2D eigenvalue weighted by Crippen LogP contribution is -2.28. The molecule has 2 rings (SSSR count). The fraction of sp³-hybridized carbons (Fsp3) is 0.235. The summed E-state index contributed by atoms with van der Waals surface area (Å²) in [5.74, 6) is -0.332. The van der Waals surface area contributed by atoms with Gasteiger partial charge in [-0.05, 0) is 36.8 Å². The van der Waals surface area contributed by atoms with Gasteiger partial charge in [-0.2, -0.15) is 0 Å². The Balaban J connectivity index is 2.24. The van der Waals surface area contributed by atoms with Gasteiger partial charge in [0.05, 0.1) is 11.5 Å². The molecule has 24 heavy (non-hydrogen) atoms. The van der Waals surface area contributed by atoms with Gasteiger partial charge in [-0.1, -0.05) is 24.3 Å². The van der Waals surface area contributed by atoms with Crippen LogP contribution in [0.1, 0.15) is 15.9 Å². The highest BCUT2D eigenvalue weighted by Crippen LogP contribution is 2.19. The van der Waals surface area contributed by atoms with E-state index in [1.54, 1.807) is 50.4 Å². The third-order valence-corrected chi connectivity index (χ3v) is 4.76. The summed E-state index contributed by atoms with van der Waals surface area (Å²) in [7, 11) is -2.22. The fourth-order valence-electron chi connectivity index (χ4n) is 2.10. The maximum atomic E-state index is 12.5. The van der Waals surface area contributed by atoms with E-state index in [-0.39, 0.29) is 10.8 Å². The van der Waals surface area contributed by atoms with E-state index < -0.39 is 10.0 Å². The number of para-hydroxylation sites is 1. The van der Waals surface area contributed by atoms with E-state index in [0.717, 1.165) is 0 Å². The molecule has 2 N–H and O–H groups in total. The van der Waals surface area contributed by atoms with E-state index in [4.69, 9.17) is 4.74 Å². The monoisotopic (exact) mass is 348 g/mol. The molecule has 0 radical (unpaired) electrons. The molecule has 7 heteroatoms. The third kappa shape index (κ3) is 4.56.